The quantitative estimate of drug-likeness (QED) is 0.374. The highest BCUT2D eigenvalue weighted by molar-refractivity contribution is 6.32. The number of halogens is 1. The van der Waals surface area contributed by atoms with Crippen molar-refractivity contribution in [3.05, 3.63) is 53.1 Å². The first kappa shape index (κ1) is 19.8. The molecule has 0 aromatic heterocycles. The fourth-order valence-electron chi connectivity index (χ4n) is 3.01. The Morgan fingerprint density at radius 3 is 2.12 bits per heavy atom. The molecule has 2 aromatic carbocycles. The van der Waals surface area contributed by atoms with Gasteiger partial charge in [0, 0.05) is 0 Å². The van der Waals surface area contributed by atoms with Gasteiger partial charge in [0.05, 0.1) is 11.6 Å². The summed E-state index contributed by atoms with van der Waals surface area (Å²) in [6.45, 7) is 5.20. The Kier molecular flexibility index (Phi) is 8.90. The Balaban J connectivity index is 1.85. The topological polar surface area (TPSA) is 9.23 Å². The molecule has 0 aliphatic carbocycles. The SMILES string of the molecule is CCCCCCCCOc1ccc(-c2ccc(CCC)cc2)cc1Cl. The Morgan fingerprint density at radius 2 is 1.44 bits per heavy atom. The molecule has 0 spiro atoms. The van der Waals surface area contributed by atoms with Gasteiger partial charge in [0.2, 0.25) is 0 Å². The first-order chi connectivity index (χ1) is 12.2. The molecule has 0 unspecified atom stereocenters. The molecule has 0 saturated heterocycles. The van der Waals surface area contributed by atoms with Crippen LogP contribution in [0.4, 0.5) is 0 Å². The fraction of sp³-hybridized carbons (Fsp3) is 0.478. The van der Waals surface area contributed by atoms with Gasteiger partial charge in [-0.2, -0.15) is 0 Å². The van der Waals surface area contributed by atoms with E-state index < -0.39 is 0 Å². The summed E-state index contributed by atoms with van der Waals surface area (Å²) in [7, 11) is 0. The summed E-state index contributed by atoms with van der Waals surface area (Å²) in [6.07, 6.45) is 9.91. The van der Waals surface area contributed by atoms with E-state index in [1.165, 1.54) is 49.7 Å². The van der Waals surface area contributed by atoms with Crippen molar-refractivity contribution in [3.63, 3.8) is 0 Å². The van der Waals surface area contributed by atoms with Gasteiger partial charge in [0.25, 0.3) is 0 Å². The van der Waals surface area contributed by atoms with Crippen molar-refractivity contribution in [2.75, 3.05) is 6.61 Å². The van der Waals surface area contributed by atoms with E-state index in [1.807, 2.05) is 12.1 Å². The number of hydrogen-bond donors (Lipinski definition) is 0. The number of rotatable bonds is 11. The lowest BCUT2D eigenvalue weighted by molar-refractivity contribution is 0.304. The molecule has 0 saturated carbocycles. The third-order valence-electron chi connectivity index (χ3n) is 4.51. The second kappa shape index (κ2) is 11.2. The third-order valence-corrected chi connectivity index (χ3v) is 4.81. The van der Waals surface area contributed by atoms with Crippen molar-refractivity contribution in [3.8, 4) is 16.9 Å². The lowest BCUT2D eigenvalue weighted by Crippen LogP contribution is -1.98. The lowest BCUT2D eigenvalue weighted by Gasteiger charge is -2.10. The molecule has 0 heterocycles. The normalized spacial score (nSPS) is 10.8. The molecule has 0 amide bonds. The van der Waals surface area contributed by atoms with Gasteiger partial charge in [-0.05, 0) is 41.7 Å². The fourth-order valence-corrected chi connectivity index (χ4v) is 3.25. The zero-order chi connectivity index (χ0) is 17.9. The highest BCUT2D eigenvalue weighted by Gasteiger charge is 2.05. The van der Waals surface area contributed by atoms with Crippen molar-refractivity contribution in [2.24, 2.45) is 0 Å². The molecule has 1 nitrogen and oxygen atoms in total. The minimum absolute atomic E-state index is 0.695. The van der Waals surface area contributed by atoms with Crippen LogP contribution in [0.1, 0.15) is 64.4 Å². The minimum atomic E-state index is 0.695. The summed E-state index contributed by atoms with van der Waals surface area (Å²) in [5.41, 5.74) is 3.72. The van der Waals surface area contributed by atoms with Crippen LogP contribution in [0.25, 0.3) is 11.1 Å². The van der Waals surface area contributed by atoms with Crippen LogP contribution in [0, 0.1) is 0 Å². The lowest BCUT2D eigenvalue weighted by atomic mass is 10.0. The molecule has 0 atom stereocenters. The molecular weight excluding hydrogens is 328 g/mol. The molecular formula is C23H31ClO. The monoisotopic (exact) mass is 358 g/mol. The van der Waals surface area contributed by atoms with E-state index in [2.05, 4.69) is 44.2 Å². The number of hydrogen-bond acceptors (Lipinski definition) is 1. The molecule has 2 rings (SSSR count). The second-order valence-corrected chi connectivity index (χ2v) is 7.12. The maximum atomic E-state index is 6.42. The Morgan fingerprint density at radius 1 is 0.760 bits per heavy atom. The van der Waals surface area contributed by atoms with E-state index in [4.69, 9.17) is 16.3 Å². The van der Waals surface area contributed by atoms with E-state index >= 15 is 0 Å². The van der Waals surface area contributed by atoms with E-state index in [-0.39, 0.29) is 0 Å². The Hall–Kier alpha value is -1.47. The van der Waals surface area contributed by atoms with Gasteiger partial charge in [0.1, 0.15) is 5.75 Å². The molecule has 0 fully saturated rings. The van der Waals surface area contributed by atoms with Crippen LogP contribution < -0.4 is 4.74 Å². The molecule has 25 heavy (non-hydrogen) atoms. The van der Waals surface area contributed by atoms with Gasteiger partial charge in [-0.15, -0.1) is 0 Å². The van der Waals surface area contributed by atoms with E-state index in [0.717, 1.165) is 30.8 Å². The van der Waals surface area contributed by atoms with Crippen LogP contribution in [0.15, 0.2) is 42.5 Å². The van der Waals surface area contributed by atoms with Crippen molar-refractivity contribution in [1.82, 2.24) is 0 Å². The third kappa shape index (κ3) is 6.74. The molecule has 2 heteroatoms. The number of aryl methyl sites for hydroxylation is 1. The smallest absolute Gasteiger partial charge is 0.137 e. The zero-order valence-electron chi connectivity index (χ0n) is 15.7. The summed E-state index contributed by atoms with van der Waals surface area (Å²) >= 11 is 6.42. The van der Waals surface area contributed by atoms with E-state index in [1.54, 1.807) is 0 Å². The van der Waals surface area contributed by atoms with E-state index in [9.17, 15) is 0 Å². The minimum Gasteiger partial charge on any atom is -0.492 e. The van der Waals surface area contributed by atoms with Crippen LogP contribution >= 0.6 is 11.6 Å². The molecule has 0 bridgehead atoms. The Bertz CT molecular complexity index is 618. The Labute approximate surface area is 158 Å². The highest BCUT2D eigenvalue weighted by Crippen LogP contribution is 2.30. The summed E-state index contributed by atoms with van der Waals surface area (Å²) in [6, 6.07) is 14.9. The van der Waals surface area contributed by atoms with Crippen molar-refractivity contribution in [2.45, 2.75) is 65.2 Å². The molecule has 0 N–H and O–H groups in total. The largest absolute Gasteiger partial charge is 0.492 e. The first-order valence-corrected chi connectivity index (χ1v) is 10.1. The summed E-state index contributed by atoms with van der Waals surface area (Å²) in [5, 5.41) is 0.695. The molecule has 2 aromatic rings. The number of ether oxygens (including phenoxy) is 1. The maximum Gasteiger partial charge on any atom is 0.137 e. The van der Waals surface area contributed by atoms with Crippen LogP contribution in [-0.2, 0) is 6.42 Å². The maximum absolute atomic E-state index is 6.42. The van der Waals surface area contributed by atoms with E-state index in [0.29, 0.717) is 5.02 Å². The van der Waals surface area contributed by atoms with Crippen LogP contribution in [0.3, 0.4) is 0 Å². The van der Waals surface area contributed by atoms with Crippen molar-refractivity contribution < 1.29 is 4.74 Å². The van der Waals surface area contributed by atoms with Crippen LogP contribution in [0.5, 0.6) is 5.75 Å². The van der Waals surface area contributed by atoms with Gasteiger partial charge in [-0.25, -0.2) is 0 Å². The predicted molar refractivity (Wildman–Crippen MR) is 110 cm³/mol. The van der Waals surface area contributed by atoms with Crippen LogP contribution in [-0.4, -0.2) is 6.61 Å². The second-order valence-electron chi connectivity index (χ2n) is 6.71. The molecule has 0 aliphatic heterocycles. The van der Waals surface area contributed by atoms with Crippen molar-refractivity contribution >= 4 is 11.6 Å². The van der Waals surface area contributed by atoms with Gasteiger partial charge in [0.15, 0.2) is 0 Å². The number of benzene rings is 2. The summed E-state index contributed by atoms with van der Waals surface area (Å²) in [5.74, 6) is 0.793. The highest BCUT2D eigenvalue weighted by atomic mass is 35.5. The summed E-state index contributed by atoms with van der Waals surface area (Å²) in [4.78, 5) is 0. The molecule has 136 valence electrons. The first-order valence-electron chi connectivity index (χ1n) is 9.76. The summed E-state index contributed by atoms with van der Waals surface area (Å²) < 4.78 is 5.85. The average molecular weight is 359 g/mol. The number of unbranched alkanes of at least 4 members (excludes halogenated alkanes) is 5. The standard InChI is InChI=1S/C23H31ClO/c1-3-5-6-7-8-9-17-25-23-16-15-21(18-22(23)24)20-13-11-19(10-4-2)12-14-20/h11-16,18H,3-10,17H2,1-2H3. The molecule has 0 aliphatic rings. The zero-order valence-corrected chi connectivity index (χ0v) is 16.4. The van der Waals surface area contributed by atoms with Gasteiger partial charge < -0.3 is 4.74 Å². The average Bonchev–Trinajstić information content (AvgIpc) is 2.63. The van der Waals surface area contributed by atoms with Gasteiger partial charge >= 0.3 is 0 Å². The predicted octanol–water partition coefficient (Wildman–Crippen LogP) is 7.70. The molecule has 0 radical (unpaired) electrons. The van der Waals surface area contributed by atoms with Gasteiger partial charge in [-0.1, -0.05) is 94.3 Å². The van der Waals surface area contributed by atoms with Crippen LogP contribution in [0.2, 0.25) is 5.02 Å². The van der Waals surface area contributed by atoms with Crippen molar-refractivity contribution in [1.29, 1.82) is 0 Å². The van der Waals surface area contributed by atoms with Gasteiger partial charge in [-0.3, -0.25) is 0 Å².